The lowest BCUT2D eigenvalue weighted by Gasteiger charge is -2.31. The number of ether oxygens (including phenoxy) is 1. The van der Waals surface area contributed by atoms with Crippen molar-refractivity contribution in [2.75, 3.05) is 26.0 Å². The van der Waals surface area contributed by atoms with Crippen molar-refractivity contribution in [3.05, 3.63) is 0 Å². The normalized spacial score (nSPS) is 31.9. The van der Waals surface area contributed by atoms with E-state index in [9.17, 15) is 8.42 Å². The third-order valence-corrected chi connectivity index (χ3v) is 3.94. The van der Waals surface area contributed by atoms with Crippen LogP contribution in [0.25, 0.3) is 0 Å². The zero-order valence-electron chi connectivity index (χ0n) is 7.77. The van der Waals surface area contributed by atoms with Gasteiger partial charge in [0.05, 0.1) is 19.0 Å². The summed E-state index contributed by atoms with van der Waals surface area (Å²) < 4.78 is 29.5. The van der Waals surface area contributed by atoms with Crippen LogP contribution in [0, 0.1) is 5.92 Å². The minimum absolute atomic E-state index is 0.156. The molecule has 0 spiro atoms. The second-order valence-electron chi connectivity index (χ2n) is 3.87. The van der Waals surface area contributed by atoms with Crippen LogP contribution in [-0.2, 0) is 14.8 Å². The van der Waals surface area contributed by atoms with Crippen molar-refractivity contribution in [1.29, 1.82) is 0 Å². The molecule has 13 heavy (non-hydrogen) atoms. The number of rotatable bonds is 2. The fourth-order valence-corrected chi connectivity index (χ4v) is 2.53. The largest absolute Gasteiger partial charge is 0.375 e. The van der Waals surface area contributed by atoms with Crippen LogP contribution in [0.5, 0.6) is 0 Å². The lowest BCUT2D eigenvalue weighted by molar-refractivity contribution is -0.0132. The number of hydrogen-bond acceptors (Lipinski definition) is 3. The van der Waals surface area contributed by atoms with E-state index in [0.717, 1.165) is 0 Å². The van der Waals surface area contributed by atoms with E-state index in [4.69, 9.17) is 4.74 Å². The van der Waals surface area contributed by atoms with Crippen molar-refractivity contribution in [3.8, 4) is 0 Å². The first kappa shape index (κ1) is 9.43. The van der Waals surface area contributed by atoms with Gasteiger partial charge in [-0.15, -0.1) is 0 Å². The molecule has 0 unspecified atom stereocenters. The van der Waals surface area contributed by atoms with Gasteiger partial charge in [0, 0.05) is 13.1 Å². The summed E-state index contributed by atoms with van der Waals surface area (Å²) in [5.74, 6) is 0.615. The van der Waals surface area contributed by atoms with Crippen molar-refractivity contribution < 1.29 is 13.2 Å². The van der Waals surface area contributed by atoms with Gasteiger partial charge in [-0.1, -0.05) is 0 Å². The zero-order chi connectivity index (χ0) is 9.47. The van der Waals surface area contributed by atoms with E-state index in [2.05, 4.69) is 0 Å². The molecule has 0 N–H and O–H groups in total. The van der Waals surface area contributed by atoms with Gasteiger partial charge in [0.15, 0.2) is 0 Å². The fraction of sp³-hybridized carbons (Fsp3) is 1.00. The standard InChI is InChI=1S/C8H15NO3S/c1-13(10,11)9-4-5-12-8(6-9)7-2-3-7/h7-8H,2-6H2,1H3/t8-/m1/s1. The van der Waals surface area contributed by atoms with Crippen LogP contribution < -0.4 is 0 Å². The van der Waals surface area contributed by atoms with Crippen molar-refractivity contribution >= 4 is 10.0 Å². The molecule has 1 aliphatic heterocycles. The minimum Gasteiger partial charge on any atom is -0.375 e. The molecule has 0 aromatic carbocycles. The summed E-state index contributed by atoms with van der Waals surface area (Å²) >= 11 is 0. The molecular weight excluding hydrogens is 190 g/mol. The second kappa shape index (κ2) is 3.22. The van der Waals surface area contributed by atoms with Crippen molar-refractivity contribution in [2.24, 2.45) is 5.92 Å². The Kier molecular flexibility index (Phi) is 2.33. The minimum atomic E-state index is -3.01. The van der Waals surface area contributed by atoms with Gasteiger partial charge in [-0.3, -0.25) is 0 Å². The van der Waals surface area contributed by atoms with Crippen LogP contribution in [0.4, 0.5) is 0 Å². The van der Waals surface area contributed by atoms with E-state index in [1.165, 1.54) is 23.4 Å². The van der Waals surface area contributed by atoms with E-state index in [1.807, 2.05) is 0 Å². The Balaban J connectivity index is 1.99. The number of hydrogen-bond donors (Lipinski definition) is 0. The summed E-state index contributed by atoms with van der Waals surface area (Å²) in [4.78, 5) is 0. The quantitative estimate of drug-likeness (QED) is 0.640. The molecule has 76 valence electrons. The molecule has 1 saturated carbocycles. The Morgan fingerprint density at radius 3 is 2.62 bits per heavy atom. The van der Waals surface area contributed by atoms with E-state index >= 15 is 0 Å². The molecule has 1 heterocycles. The first-order chi connectivity index (χ1) is 6.07. The highest BCUT2D eigenvalue weighted by molar-refractivity contribution is 7.88. The zero-order valence-corrected chi connectivity index (χ0v) is 8.59. The summed E-state index contributed by atoms with van der Waals surface area (Å²) in [5.41, 5.74) is 0. The summed E-state index contributed by atoms with van der Waals surface area (Å²) in [6, 6.07) is 0. The summed E-state index contributed by atoms with van der Waals surface area (Å²) in [5, 5.41) is 0. The third-order valence-electron chi connectivity index (χ3n) is 2.67. The molecule has 0 bridgehead atoms. The van der Waals surface area contributed by atoms with Crippen LogP contribution in [-0.4, -0.2) is 44.8 Å². The molecule has 2 rings (SSSR count). The molecule has 0 amide bonds. The highest BCUT2D eigenvalue weighted by Gasteiger charge is 2.37. The van der Waals surface area contributed by atoms with Gasteiger partial charge in [0.2, 0.25) is 10.0 Å². The van der Waals surface area contributed by atoms with Crippen LogP contribution in [0.1, 0.15) is 12.8 Å². The highest BCUT2D eigenvalue weighted by atomic mass is 32.2. The number of morpholine rings is 1. The predicted molar refractivity (Wildman–Crippen MR) is 48.9 cm³/mol. The molecule has 2 aliphatic rings. The fourth-order valence-electron chi connectivity index (χ4n) is 1.70. The molecule has 0 aromatic rings. The first-order valence-corrected chi connectivity index (χ1v) is 6.49. The Hall–Kier alpha value is -0.130. The molecule has 1 saturated heterocycles. The van der Waals surface area contributed by atoms with Crippen LogP contribution in [0.3, 0.4) is 0 Å². The molecule has 1 aliphatic carbocycles. The highest BCUT2D eigenvalue weighted by Crippen LogP contribution is 2.35. The maximum absolute atomic E-state index is 11.2. The van der Waals surface area contributed by atoms with Gasteiger partial charge < -0.3 is 4.74 Å². The maximum Gasteiger partial charge on any atom is 0.211 e. The number of nitrogens with zero attached hydrogens (tertiary/aromatic N) is 1. The van der Waals surface area contributed by atoms with Crippen molar-refractivity contribution in [1.82, 2.24) is 4.31 Å². The smallest absolute Gasteiger partial charge is 0.211 e. The van der Waals surface area contributed by atoms with E-state index in [-0.39, 0.29) is 6.10 Å². The van der Waals surface area contributed by atoms with Crippen molar-refractivity contribution in [3.63, 3.8) is 0 Å². The van der Waals surface area contributed by atoms with Gasteiger partial charge in [-0.25, -0.2) is 8.42 Å². The lowest BCUT2D eigenvalue weighted by atomic mass is 10.2. The topological polar surface area (TPSA) is 46.6 Å². The van der Waals surface area contributed by atoms with E-state index < -0.39 is 10.0 Å². The summed E-state index contributed by atoms with van der Waals surface area (Å²) in [6.45, 7) is 1.62. The van der Waals surface area contributed by atoms with Crippen LogP contribution in [0.2, 0.25) is 0 Å². The second-order valence-corrected chi connectivity index (χ2v) is 5.85. The van der Waals surface area contributed by atoms with Gasteiger partial charge in [0.1, 0.15) is 0 Å². The van der Waals surface area contributed by atoms with Crippen LogP contribution >= 0.6 is 0 Å². The van der Waals surface area contributed by atoms with Gasteiger partial charge >= 0.3 is 0 Å². The monoisotopic (exact) mass is 205 g/mol. The molecule has 4 nitrogen and oxygen atoms in total. The lowest BCUT2D eigenvalue weighted by Crippen LogP contribution is -2.45. The van der Waals surface area contributed by atoms with Gasteiger partial charge in [0.25, 0.3) is 0 Å². The van der Waals surface area contributed by atoms with Gasteiger partial charge in [-0.05, 0) is 18.8 Å². The average molecular weight is 205 g/mol. The number of sulfonamides is 1. The molecule has 1 atom stereocenters. The Labute approximate surface area is 78.9 Å². The summed E-state index contributed by atoms with van der Waals surface area (Å²) in [6.07, 6.45) is 3.82. The predicted octanol–water partition coefficient (Wildman–Crippen LogP) is 0.0568. The molecule has 2 fully saturated rings. The van der Waals surface area contributed by atoms with Crippen LogP contribution in [0.15, 0.2) is 0 Å². The molecule has 5 heteroatoms. The molecular formula is C8H15NO3S. The first-order valence-electron chi connectivity index (χ1n) is 4.64. The van der Waals surface area contributed by atoms with Gasteiger partial charge in [-0.2, -0.15) is 4.31 Å². The molecule has 0 radical (unpaired) electrons. The summed E-state index contributed by atoms with van der Waals surface area (Å²) in [7, 11) is -3.01. The van der Waals surface area contributed by atoms with E-state index in [1.54, 1.807) is 0 Å². The van der Waals surface area contributed by atoms with E-state index in [0.29, 0.717) is 25.6 Å². The SMILES string of the molecule is CS(=O)(=O)N1CCO[C@@H](C2CC2)C1. The van der Waals surface area contributed by atoms with Crippen molar-refractivity contribution in [2.45, 2.75) is 18.9 Å². The third kappa shape index (κ3) is 2.21. The average Bonchev–Trinajstić information content (AvgIpc) is 2.85. The maximum atomic E-state index is 11.2. The Morgan fingerprint density at radius 2 is 2.08 bits per heavy atom. The Morgan fingerprint density at radius 1 is 1.38 bits per heavy atom. The Bertz CT molecular complexity index is 284. The molecule has 0 aromatic heterocycles.